The van der Waals surface area contributed by atoms with Gasteiger partial charge in [0.15, 0.2) is 0 Å². The quantitative estimate of drug-likeness (QED) is 0.694. The lowest BCUT2D eigenvalue weighted by Gasteiger charge is -2.11. The highest BCUT2D eigenvalue weighted by Gasteiger charge is 2.06. The van der Waals surface area contributed by atoms with Gasteiger partial charge in [0.05, 0.1) is 18.0 Å². The van der Waals surface area contributed by atoms with E-state index in [9.17, 15) is 4.79 Å². The summed E-state index contributed by atoms with van der Waals surface area (Å²) in [7, 11) is 0. The standard InChI is InChI=1S/C17H20ClN3O2/c1-2-23-17(22)21-16-8-3-12(11-15(16)19)9-10-20-14-6-4-13(18)5-7-14/h3-8,11,20H,2,9-10,19H2,1H3,(H,21,22). The summed E-state index contributed by atoms with van der Waals surface area (Å²) in [6.07, 6.45) is 0.309. The number of carbonyl (C=O) groups excluding carboxylic acids is 1. The number of ether oxygens (including phenoxy) is 1. The number of nitrogens with two attached hydrogens (primary N) is 1. The number of amides is 1. The monoisotopic (exact) mass is 333 g/mol. The molecule has 0 bridgehead atoms. The average Bonchev–Trinajstić information content (AvgIpc) is 2.52. The van der Waals surface area contributed by atoms with Crippen LogP contribution in [0.25, 0.3) is 0 Å². The molecule has 4 N–H and O–H groups in total. The molecule has 0 spiro atoms. The summed E-state index contributed by atoms with van der Waals surface area (Å²) in [6.45, 7) is 2.84. The Bertz CT molecular complexity index is 659. The molecule has 122 valence electrons. The normalized spacial score (nSPS) is 10.2. The molecular formula is C17H20ClN3O2. The molecule has 0 atom stereocenters. The highest BCUT2D eigenvalue weighted by atomic mass is 35.5. The Morgan fingerprint density at radius 3 is 2.61 bits per heavy atom. The highest BCUT2D eigenvalue weighted by Crippen LogP contribution is 2.20. The van der Waals surface area contributed by atoms with Gasteiger partial charge in [-0.15, -0.1) is 0 Å². The Labute approximate surface area is 140 Å². The maximum atomic E-state index is 11.4. The van der Waals surface area contributed by atoms with Crippen LogP contribution in [0.3, 0.4) is 0 Å². The van der Waals surface area contributed by atoms with Crippen LogP contribution in [-0.2, 0) is 11.2 Å². The molecule has 2 aromatic carbocycles. The maximum absolute atomic E-state index is 11.4. The summed E-state index contributed by atoms with van der Waals surface area (Å²) in [5.41, 5.74) is 9.13. The van der Waals surface area contributed by atoms with Crippen molar-refractivity contribution in [3.05, 3.63) is 53.1 Å². The zero-order valence-corrected chi connectivity index (χ0v) is 13.7. The van der Waals surface area contributed by atoms with Crippen molar-refractivity contribution in [1.29, 1.82) is 0 Å². The summed E-state index contributed by atoms with van der Waals surface area (Å²) in [4.78, 5) is 11.4. The summed E-state index contributed by atoms with van der Waals surface area (Å²) in [5, 5.41) is 6.64. The summed E-state index contributed by atoms with van der Waals surface area (Å²) < 4.78 is 4.83. The van der Waals surface area contributed by atoms with Crippen LogP contribution in [0.2, 0.25) is 5.02 Å². The first-order valence-electron chi connectivity index (χ1n) is 7.40. The van der Waals surface area contributed by atoms with Crippen LogP contribution < -0.4 is 16.4 Å². The molecule has 0 aromatic heterocycles. The first kappa shape index (κ1) is 17.0. The van der Waals surface area contributed by atoms with Crippen LogP contribution in [0, 0.1) is 0 Å². The predicted octanol–water partition coefficient (Wildman–Crippen LogP) is 4.15. The molecule has 5 nitrogen and oxygen atoms in total. The molecule has 2 rings (SSSR count). The van der Waals surface area contributed by atoms with E-state index in [1.54, 1.807) is 13.0 Å². The van der Waals surface area contributed by atoms with Gasteiger partial charge >= 0.3 is 6.09 Å². The molecule has 0 unspecified atom stereocenters. The largest absolute Gasteiger partial charge is 0.450 e. The van der Waals surface area contributed by atoms with Gasteiger partial charge in [0.25, 0.3) is 0 Å². The SMILES string of the molecule is CCOC(=O)Nc1ccc(CCNc2ccc(Cl)cc2)cc1N. The van der Waals surface area contributed by atoms with E-state index >= 15 is 0 Å². The lowest BCUT2D eigenvalue weighted by Crippen LogP contribution is -2.14. The fourth-order valence-corrected chi connectivity index (χ4v) is 2.20. The second kappa shape index (κ2) is 8.29. The second-order valence-electron chi connectivity index (χ2n) is 4.95. The first-order chi connectivity index (χ1) is 11.1. The van der Waals surface area contributed by atoms with Gasteiger partial charge in [-0.2, -0.15) is 0 Å². The maximum Gasteiger partial charge on any atom is 0.411 e. The van der Waals surface area contributed by atoms with Gasteiger partial charge in [-0.3, -0.25) is 5.32 Å². The van der Waals surface area contributed by atoms with Gasteiger partial charge in [0.1, 0.15) is 0 Å². The fourth-order valence-electron chi connectivity index (χ4n) is 2.08. The smallest absolute Gasteiger partial charge is 0.411 e. The van der Waals surface area contributed by atoms with Crippen molar-refractivity contribution in [2.45, 2.75) is 13.3 Å². The minimum absolute atomic E-state index is 0.320. The van der Waals surface area contributed by atoms with E-state index in [0.29, 0.717) is 23.0 Å². The van der Waals surface area contributed by atoms with Crippen molar-refractivity contribution in [1.82, 2.24) is 0 Å². The third-order valence-electron chi connectivity index (χ3n) is 3.22. The number of anilines is 3. The highest BCUT2D eigenvalue weighted by molar-refractivity contribution is 6.30. The molecule has 0 heterocycles. The van der Waals surface area contributed by atoms with Gasteiger partial charge < -0.3 is 15.8 Å². The van der Waals surface area contributed by atoms with E-state index in [1.165, 1.54) is 0 Å². The number of nitrogen functional groups attached to an aromatic ring is 1. The molecule has 1 amide bonds. The van der Waals surface area contributed by atoms with Crippen LogP contribution in [0.5, 0.6) is 0 Å². The number of benzene rings is 2. The molecule has 2 aromatic rings. The molecule has 0 aliphatic heterocycles. The van der Waals surface area contributed by atoms with Crippen molar-refractivity contribution in [3.8, 4) is 0 Å². The van der Waals surface area contributed by atoms with Crippen molar-refractivity contribution >= 4 is 34.8 Å². The van der Waals surface area contributed by atoms with Crippen molar-refractivity contribution < 1.29 is 9.53 Å². The molecule has 0 saturated heterocycles. The molecule has 0 fully saturated rings. The Hall–Kier alpha value is -2.40. The summed E-state index contributed by atoms with van der Waals surface area (Å²) >= 11 is 5.85. The zero-order valence-electron chi connectivity index (χ0n) is 12.9. The van der Waals surface area contributed by atoms with Gasteiger partial charge in [0, 0.05) is 17.3 Å². The van der Waals surface area contributed by atoms with Gasteiger partial charge in [-0.05, 0) is 55.3 Å². The van der Waals surface area contributed by atoms with E-state index in [-0.39, 0.29) is 0 Å². The topological polar surface area (TPSA) is 76.4 Å². The van der Waals surface area contributed by atoms with E-state index in [4.69, 9.17) is 22.1 Å². The van der Waals surface area contributed by atoms with E-state index in [0.717, 1.165) is 24.2 Å². The van der Waals surface area contributed by atoms with Crippen LogP contribution in [-0.4, -0.2) is 19.2 Å². The number of hydrogen-bond acceptors (Lipinski definition) is 4. The number of hydrogen-bond donors (Lipinski definition) is 3. The molecule has 0 radical (unpaired) electrons. The molecule has 0 saturated carbocycles. The van der Waals surface area contributed by atoms with Crippen LogP contribution in [0.4, 0.5) is 21.9 Å². The minimum atomic E-state index is -0.503. The number of halogens is 1. The van der Waals surface area contributed by atoms with E-state index in [1.807, 2.05) is 36.4 Å². The third-order valence-corrected chi connectivity index (χ3v) is 3.47. The number of rotatable bonds is 6. The summed E-state index contributed by atoms with van der Waals surface area (Å²) in [6, 6.07) is 13.1. The number of carbonyl (C=O) groups is 1. The minimum Gasteiger partial charge on any atom is -0.450 e. The van der Waals surface area contributed by atoms with E-state index < -0.39 is 6.09 Å². The Morgan fingerprint density at radius 1 is 1.22 bits per heavy atom. The average molecular weight is 334 g/mol. The lowest BCUT2D eigenvalue weighted by molar-refractivity contribution is 0.168. The van der Waals surface area contributed by atoms with Gasteiger partial charge in [-0.1, -0.05) is 17.7 Å². The van der Waals surface area contributed by atoms with Crippen molar-refractivity contribution in [2.75, 3.05) is 29.5 Å². The van der Waals surface area contributed by atoms with Gasteiger partial charge in [0.2, 0.25) is 0 Å². The third kappa shape index (κ3) is 5.38. The molecular weight excluding hydrogens is 314 g/mol. The Balaban J connectivity index is 1.87. The summed E-state index contributed by atoms with van der Waals surface area (Å²) in [5.74, 6) is 0. The van der Waals surface area contributed by atoms with Gasteiger partial charge in [-0.25, -0.2) is 4.79 Å². The second-order valence-corrected chi connectivity index (χ2v) is 5.39. The predicted molar refractivity (Wildman–Crippen MR) is 95.1 cm³/mol. The van der Waals surface area contributed by atoms with Crippen molar-refractivity contribution in [3.63, 3.8) is 0 Å². The molecule has 0 aliphatic rings. The first-order valence-corrected chi connectivity index (χ1v) is 7.78. The zero-order chi connectivity index (χ0) is 16.7. The molecule has 0 aliphatic carbocycles. The Kier molecular flexibility index (Phi) is 6.11. The number of nitrogens with one attached hydrogen (secondary N) is 2. The van der Waals surface area contributed by atoms with Crippen molar-refractivity contribution in [2.24, 2.45) is 0 Å². The fraction of sp³-hybridized carbons (Fsp3) is 0.235. The van der Waals surface area contributed by atoms with Crippen LogP contribution >= 0.6 is 11.6 Å². The Morgan fingerprint density at radius 2 is 1.96 bits per heavy atom. The van der Waals surface area contributed by atoms with Crippen LogP contribution in [0.1, 0.15) is 12.5 Å². The van der Waals surface area contributed by atoms with Crippen LogP contribution in [0.15, 0.2) is 42.5 Å². The lowest BCUT2D eigenvalue weighted by atomic mass is 10.1. The molecule has 6 heteroatoms. The van der Waals surface area contributed by atoms with E-state index in [2.05, 4.69) is 10.6 Å². The molecule has 23 heavy (non-hydrogen) atoms.